The van der Waals surface area contributed by atoms with Crippen molar-refractivity contribution in [3.8, 4) is 0 Å². The Bertz CT molecular complexity index is 357. The molecule has 1 unspecified atom stereocenters. The van der Waals surface area contributed by atoms with Crippen molar-refractivity contribution in [3.63, 3.8) is 0 Å². The molecule has 1 atom stereocenters. The first-order chi connectivity index (χ1) is 5.57. The second-order valence-corrected chi connectivity index (χ2v) is 3.14. The van der Waals surface area contributed by atoms with Crippen LogP contribution in [0.3, 0.4) is 0 Å². The van der Waals surface area contributed by atoms with Crippen molar-refractivity contribution in [2.24, 2.45) is 0 Å². The highest BCUT2D eigenvalue weighted by atomic mass is 31.0. The molecule has 1 aromatic heterocycles. The molecule has 1 rings (SSSR count). The molecule has 0 aliphatic carbocycles. The predicted octanol–water partition coefficient (Wildman–Crippen LogP) is 1.50. The van der Waals surface area contributed by atoms with Gasteiger partial charge < -0.3 is 10.1 Å². The standard InChI is InChI=1S/C8H13N2OP/c1-4-6(3)9-8(11)5(2)7(4)10-12/h12H2,1-3H3,(H2,9,10,11). The fraction of sp³-hybridized carbons (Fsp3) is 0.375. The van der Waals surface area contributed by atoms with E-state index in [1.54, 1.807) is 6.92 Å². The van der Waals surface area contributed by atoms with Gasteiger partial charge in [-0.15, -0.1) is 0 Å². The molecule has 0 aliphatic rings. The normalized spacial score (nSPS) is 10.0. The SMILES string of the molecule is Cc1[nH]c(=O)c(C)c(NP)c1C. The largest absolute Gasteiger partial charge is 0.369 e. The van der Waals surface area contributed by atoms with Crippen LogP contribution in [0.25, 0.3) is 0 Å². The van der Waals surface area contributed by atoms with Gasteiger partial charge in [0.05, 0.1) is 5.69 Å². The topological polar surface area (TPSA) is 44.9 Å². The molecule has 66 valence electrons. The predicted molar refractivity (Wildman–Crippen MR) is 54.6 cm³/mol. The average Bonchev–Trinajstić information content (AvgIpc) is 2.02. The lowest BCUT2D eigenvalue weighted by Gasteiger charge is -2.09. The van der Waals surface area contributed by atoms with Gasteiger partial charge in [0, 0.05) is 11.3 Å². The van der Waals surface area contributed by atoms with Crippen LogP contribution >= 0.6 is 9.39 Å². The van der Waals surface area contributed by atoms with E-state index in [0.29, 0.717) is 0 Å². The van der Waals surface area contributed by atoms with E-state index in [4.69, 9.17) is 0 Å². The maximum absolute atomic E-state index is 11.3. The molecule has 0 radical (unpaired) electrons. The molecule has 1 aromatic rings. The van der Waals surface area contributed by atoms with Gasteiger partial charge in [-0.25, -0.2) is 0 Å². The highest BCUT2D eigenvalue weighted by Gasteiger charge is 2.06. The van der Waals surface area contributed by atoms with E-state index in [1.165, 1.54) is 0 Å². The van der Waals surface area contributed by atoms with Gasteiger partial charge >= 0.3 is 0 Å². The summed E-state index contributed by atoms with van der Waals surface area (Å²) in [5.41, 5.74) is 3.61. The van der Waals surface area contributed by atoms with E-state index in [0.717, 1.165) is 22.5 Å². The Morgan fingerprint density at radius 1 is 1.25 bits per heavy atom. The number of hydrogen-bond donors (Lipinski definition) is 2. The van der Waals surface area contributed by atoms with Crippen LogP contribution in [0, 0.1) is 20.8 Å². The summed E-state index contributed by atoms with van der Waals surface area (Å²) in [5.74, 6) is 0. The molecule has 0 saturated heterocycles. The Morgan fingerprint density at radius 3 is 2.33 bits per heavy atom. The van der Waals surface area contributed by atoms with Crippen molar-refractivity contribution in [1.82, 2.24) is 4.98 Å². The third kappa shape index (κ3) is 1.37. The van der Waals surface area contributed by atoms with Crippen LogP contribution in [0.2, 0.25) is 0 Å². The minimum atomic E-state index is -0.0250. The Hall–Kier alpha value is -0.820. The Kier molecular flexibility index (Phi) is 2.53. The number of aromatic nitrogens is 1. The van der Waals surface area contributed by atoms with Gasteiger partial charge in [0.2, 0.25) is 0 Å². The molecular weight excluding hydrogens is 171 g/mol. The second-order valence-electron chi connectivity index (χ2n) is 2.85. The van der Waals surface area contributed by atoms with Crippen molar-refractivity contribution in [3.05, 3.63) is 27.2 Å². The van der Waals surface area contributed by atoms with Gasteiger partial charge in [0.25, 0.3) is 5.56 Å². The average molecular weight is 184 g/mol. The van der Waals surface area contributed by atoms with Crippen molar-refractivity contribution in [2.75, 3.05) is 5.09 Å². The first kappa shape index (κ1) is 9.27. The number of anilines is 1. The smallest absolute Gasteiger partial charge is 0.253 e. The summed E-state index contributed by atoms with van der Waals surface area (Å²) in [6.45, 7) is 5.67. The van der Waals surface area contributed by atoms with E-state index in [-0.39, 0.29) is 5.56 Å². The molecular formula is C8H13N2OP. The van der Waals surface area contributed by atoms with Gasteiger partial charge in [0.1, 0.15) is 0 Å². The number of aromatic amines is 1. The highest BCUT2D eigenvalue weighted by Crippen LogP contribution is 2.19. The Morgan fingerprint density at radius 2 is 1.83 bits per heavy atom. The molecule has 0 aromatic carbocycles. The zero-order valence-electron chi connectivity index (χ0n) is 7.49. The Balaban J connectivity index is 3.53. The highest BCUT2D eigenvalue weighted by molar-refractivity contribution is 7.18. The summed E-state index contributed by atoms with van der Waals surface area (Å²) in [6, 6.07) is 0. The first-order valence-electron chi connectivity index (χ1n) is 3.74. The van der Waals surface area contributed by atoms with Crippen LogP contribution in [-0.4, -0.2) is 4.98 Å². The van der Waals surface area contributed by atoms with Crippen LogP contribution in [-0.2, 0) is 0 Å². The quantitative estimate of drug-likeness (QED) is 0.649. The lowest BCUT2D eigenvalue weighted by molar-refractivity contribution is 1.08. The van der Waals surface area contributed by atoms with E-state index in [9.17, 15) is 4.79 Å². The van der Waals surface area contributed by atoms with Gasteiger partial charge in [-0.1, -0.05) is 0 Å². The van der Waals surface area contributed by atoms with Crippen molar-refractivity contribution in [1.29, 1.82) is 0 Å². The number of nitrogens with one attached hydrogen (secondary N) is 2. The molecule has 4 heteroatoms. The molecule has 0 fully saturated rings. The minimum absolute atomic E-state index is 0.0250. The maximum atomic E-state index is 11.3. The van der Waals surface area contributed by atoms with Crippen LogP contribution < -0.4 is 10.6 Å². The number of aryl methyl sites for hydroxylation is 1. The van der Waals surface area contributed by atoms with Crippen molar-refractivity contribution >= 4 is 15.1 Å². The molecule has 0 saturated carbocycles. The maximum Gasteiger partial charge on any atom is 0.253 e. The first-order valence-corrected chi connectivity index (χ1v) is 4.32. The van der Waals surface area contributed by atoms with Crippen LogP contribution in [0.1, 0.15) is 16.8 Å². The molecule has 0 aliphatic heterocycles. The molecule has 2 N–H and O–H groups in total. The molecule has 12 heavy (non-hydrogen) atoms. The van der Waals surface area contributed by atoms with E-state index >= 15 is 0 Å². The zero-order chi connectivity index (χ0) is 9.30. The van der Waals surface area contributed by atoms with Crippen molar-refractivity contribution < 1.29 is 0 Å². The fourth-order valence-corrected chi connectivity index (χ4v) is 1.59. The molecule has 0 bridgehead atoms. The summed E-state index contributed by atoms with van der Waals surface area (Å²) in [4.78, 5) is 14.0. The molecule has 3 nitrogen and oxygen atoms in total. The molecule has 0 amide bonds. The van der Waals surface area contributed by atoms with Gasteiger partial charge in [-0.3, -0.25) is 4.79 Å². The van der Waals surface area contributed by atoms with E-state index in [1.807, 2.05) is 13.8 Å². The number of hydrogen-bond acceptors (Lipinski definition) is 2. The number of pyridine rings is 1. The Labute approximate surface area is 73.8 Å². The summed E-state index contributed by atoms with van der Waals surface area (Å²) < 4.78 is 0. The lowest BCUT2D eigenvalue weighted by Crippen LogP contribution is -2.14. The van der Waals surface area contributed by atoms with Gasteiger partial charge in [0.15, 0.2) is 0 Å². The number of rotatable bonds is 1. The zero-order valence-corrected chi connectivity index (χ0v) is 8.64. The second kappa shape index (κ2) is 3.28. The van der Waals surface area contributed by atoms with Crippen LogP contribution in [0.5, 0.6) is 0 Å². The fourth-order valence-electron chi connectivity index (χ4n) is 1.16. The van der Waals surface area contributed by atoms with Crippen LogP contribution in [0.4, 0.5) is 5.69 Å². The monoisotopic (exact) mass is 184 g/mol. The molecule has 0 spiro atoms. The lowest BCUT2D eigenvalue weighted by atomic mass is 10.1. The van der Waals surface area contributed by atoms with Crippen molar-refractivity contribution in [2.45, 2.75) is 20.8 Å². The van der Waals surface area contributed by atoms with E-state index in [2.05, 4.69) is 19.5 Å². The minimum Gasteiger partial charge on any atom is -0.369 e. The third-order valence-electron chi connectivity index (χ3n) is 2.10. The summed E-state index contributed by atoms with van der Waals surface area (Å²) in [7, 11) is 2.40. The van der Waals surface area contributed by atoms with Gasteiger partial charge in [-0.2, -0.15) is 0 Å². The van der Waals surface area contributed by atoms with Crippen LogP contribution in [0.15, 0.2) is 4.79 Å². The van der Waals surface area contributed by atoms with E-state index < -0.39 is 0 Å². The summed E-state index contributed by atoms with van der Waals surface area (Å²) in [5, 5.41) is 2.94. The summed E-state index contributed by atoms with van der Waals surface area (Å²) in [6.07, 6.45) is 0. The molecule has 1 heterocycles. The summed E-state index contributed by atoms with van der Waals surface area (Å²) >= 11 is 0. The third-order valence-corrected chi connectivity index (χ3v) is 2.39. The van der Waals surface area contributed by atoms with Gasteiger partial charge in [-0.05, 0) is 35.7 Å². The number of H-pyrrole nitrogens is 1.